The van der Waals surface area contributed by atoms with Gasteiger partial charge in [0.05, 0.1) is 45.3 Å². The highest BCUT2D eigenvalue weighted by molar-refractivity contribution is 5.51. The van der Waals surface area contributed by atoms with Gasteiger partial charge >= 0.3 is 0 Å². The highest BCUT2D eigenvalue weighted by atomic mass is 16.6. The molecular formula is C19H24N3O4+. The van der Waals surface area contributed by atoms with Crippen LogP contribution in [0, 0.1) is 10.1 Å². The van der Waals surface area contributed by atoms with Crippen molar-refractivity contribution in [3.63, 3.8) is 0 Å². The van der Waals surface area contributed by atoms with E-state index in [0.717, 1.165) is 49.9 Å². The van der Waals surface area contributed by atoms with E-state index in [9.17, 15) is 10.1 Å². The molecule has 1 heterocycles. The van der Waals surface area contributed by atoms with Gasteiger partial charge in [-0.3, -0.25) is 10.1 Å². The largest absolute Gasteiger partial charge is 0.497 e. The molecule has 0 radical (unpaired) electrons. The molecule has 0 aromatic heterocycles. The lowest BCUT2D eigenvalue weighted by molar-refractivity contribution is -0.914. The van der Waals surface area contributed by atoms with Gasteiger partial charge in [0.15, 0.2) is 0 Å². The Hall–Kier alpha value is -2.80. The summed E-state index contributed by atoms with van der Waals surface area (Å²) in [6, 6.07) is 12.7. The molecule has 3 rings (SSSR count). The molecule has 0 unspecified atom stereocenters. The molecule has 1 fully saturated rings. The molecule has 7 heteroatoms. The molecule has 2 aromatic carbocycles. The van der Waals surface area contributed by atoms with E-state index in [1.165, 1.54) is 10.5 Å². The van der Waals surface area contributed by atoms with Crippen LogP contribution in [-0.2, 0) is 6.54 Å². The van der Waals surface area contributed by atoms with Crippen LogP contribution in [0.2, 0.25) is 0 Å². The van der Waals surface area contributed by atoms with Gasteiger partial charge in [-0.25, -0.2) is 0 Å². The predicted molar refractivity (Wildman–Crippen MR) is 99.3 cm³/mol. The maximum absolute atomic E-state index is 10.8. The van der Waals surface area contributed by atoms with Gasteiger partial charge in [-0.15, -0.1) is 0 Å². The van der Waals surface area contributed by atoms with Crippen molar-refractivity contribution in [2.75, 3.05) is 45.3 Å². The number of hydrogen-bond donors (Lipinski definition) is 1. The fourth-order valence-corrected chi connectivity index (χ4v) is 3.31. The minimum atomic E-state index is -0.367. The first-order valence-corrected chi connectivity index (χ1v) is 8.64. The molecule has 1 saturated heterocycles. The topological polar surface area (TPSA) is 69.3 Å². The highest BCUT2D eigenvalue weighted by Gasteiger charge is 2.22. The van der Waals surface area contributed by atoms with Crippen molar-refractivity contribution >= 4 is 11.4 Å². The van der Waals surface area contributed by atoms with Crippen LogP contribution < -0.4 is 19.3 Å². The lowest BCUT2D eigenvalue weighted by atomic mass is 10.1. The van der Waals surface area contributed by atoms with E-state index in [0.29, 0.717) is 0 Å². The summed E-state index contributed by atoms with van der Waals surface area (Å²) < 4.78 is 10.7. The molecule has 0 amide bonds. The van der Waals surface area contributed by atoms with Gasteiger partial charge in [0.2, 0.25) is 0 Å². The summed E-state index contributed by atoms with van der Waals surface area (Å²) in [5, 5.41) is 10.8. The van der Waals surface area contributed by atoms with Crippen LogP contribution in [0.4, 0.5) is 11.4 Å². The summed E-state index contributed by atoms with van der Waals surface area (Å²) in [6.45, 7) is 4.76. The lowest BCUT2D eigenvalue weighted by Crippen LogP contribution is -3.13. The Balaban J connectivity index is 1.59. The third-order valence-electron chi connectivity index (χ3n) is 4.83. The van der Waals surface area contributed by atoms with Gasteiger partial charge in [0.1, 0.15) is 18.0 Å². The number of hydrogen-bond acceptors (Lipinski definition) is 5. The number of piperazine rings is 1. The molecule has 1 aliphatic rings. The maximum atomic E-state index is 10.8. The van der Waals surface area contributed by atoms with Gasteiger partial charge in [0.25, 0.3) is 5.69 Å². The standard InChI is InChI=1S/C19H23N3O4/c1-25-18-8-3-15(19(13-18)26-2)14-20-9-11-21(12-10-20)16-4-6-17(7-5-16)22(23)24/h3-8,13H,9-12,14H2,1-2H3/p+1. The van der Waals surface area contributed by atoms with E-state index >= 15 is 0 Å². The fraction of sp³-hybridized carbons (Fsp3) is 0.368. The smallest absolute Gasteiger partial charge is 0.269 e. The van der Waals surface area contributed by atoms with Crippen molar-refractivity contribution in [3.8, 4) is 11.5 Å². The Morgan fingerprint density at radius 2 is 1.77 bits per heavy atom. The van der Waals surface area contributed by atoms with Crippen molar-refractivity contribution in [1.29, 1.82) is 0 Å². The number of nitrogens with one attached hydrogen (secondary N) is 1. The van der Waals surface area contributed by atoms with Crippen molar-refractivity contribution in [2.45, 2.75) is 6.54 Å². The number of quaternary nitrogens is 1. The Bertz CT molecular complexity index is 756. The molecule has 0 saturated carbocycles. The third kappa shape index (κ3) is 4.05. The Labute approximate surface area is 152 Å². The second kappa shape index (κ2) is 8.05. The number of methoxy groups -OCH3 is 2. The number of benzene rings is 2. The first kappa shape index (κ1) is 18.0. The Morgan fingerprint density at radius 3 is 2.35 bits per heavy atom. The summed E-state index contributed by atoms with van der Waals surface area (Å²) in [4.78, 5) is 14.2. The number of non-ortho nitro benzene ring substituents is 1. The van der Waals surface area contributed by atoms with Gasteiger partial charge in [-0.2, -0.15) is 0 Å². The molecule has 138 valence electrons. The zero-order valence-corrected chi connectivity index (χ0v) is 15.1. The van der Waals surface area contributed by atoms with Crippen molar-refractivity contribution in [1.82, 2.24) is 0 Å². The monoisotopic (exact) mass is 358 g/mol. The van der Waals surface area contributed by atoms with Crippen molar-refractivity contribution in [2.24, 2.45) is 0 Å². The van der Waals surface area contributed by atoms with E-state index in [4.69, 9.17) is 9.47 Å². The van der Waals surface area contributed by atoms with Crippen LogP contribution in [0.15, 0.2) is 42.5 Å². The van der Waals surface area contributed by atoms with Crippen LogP contribution in [0.1, 0.15) is 5.56 Å². The summed E-state index contributed by atoms with van der Waals surface area (Å²) in [5.74, 6) is 1.65. The molecule has 0 bridgehead atoms. The zero-order chi connectivity index (χ0) is 18.5. The van der Waals surface area contributed by atoms with Crippen LogP contribution in [0.5, 0.6) is 11.5 Å². The molecule has 1 aliphatic heterocycles. The fourth-order valence-electron chi connectivity index (χ4n) is 3.31. The van der Waals surface area contributed by atoms with E-state index < -0.39 is 0 Å². The SMILES string of the molecule is COc1ccc(C[NH+]2CCN(c3ccc([N+](=O)[O-])cc3)CC2)c(OC)c1. The molecule has 0 aliphatic carbocycles. The van der Waals surface area contributed by atoms with Crippen molar-refractivity contribution in [3.05, 3.63) is 58.1 Å². The molecule has 26 heavy (non-hydrogen) atoms. The van der Waals surface area contributed by atoms with Gasteiger partial charge in [-0.1, -0.05) is 0 Å². The average molecular weight is 358 g/mol. The molecule has 2 aromatic rings. The van der Waals surface area contributed by atoms with Crippen molar-refractivity contribution < 1.29 is 19.3 Å². The van der Waals surface area contributed by atoms with Gasteiger partial charge in [0, 0.05) is 29.4 Å². The number of nitro benzene ring substituents is 1. The first-order chi connectivity index (χ1) is 12.6. The van der Waals surface area contributed by atoms with Gasteiger partial charge in [-0.05, 0) is 24.3 Å². The zero-order valence-electron chi connectivity index (χ0n) is 15.1. The summed E-state index contributed by atoms with van der Waals surface area (Å²) in [5.41, 5.74) is 2.34. The first-order valence-electron chi connectivity index (χ1n) is 8.64. The molecular weight excluding hydrogens is 334 g/mol. The number of anilines is 1. The summed E-state index contributed by atoms with van der Waals surface area (Å²) in [7, 11) is 3.33. The Morgan fingerprint density at radius 1 is 1.08 bits per heavy atom. The molecule has 0 atom stereocenters. The normalized spacial score (nSPS) is 14.9. The molecule has 1 N–H and O–H groups in total. The number of nitro groups is 1. The second-order valence-corrected chi connectivity index (χ2v) is 6.37. The number of rotatable bonds is 6. The highest BCUT2D eigenvalue weighted by Crippen LogP contribution is 2.24. The summed E-state index contributed by atoms with van der Waals surface area (Å²) >= 11 is 0. The second-order valence-electron chi connectivity index (χ2n) is 6.37. The minimum absolute atomic E-state index is 0.129. The predicted octanol–water partition coefficient (Wildman–Crippen LogP) is 1.52. The summed E-state index contributed by atoms with van der Waals surface area (Å²) in [6.07, 6.45) is 0. The van der Waals surface area contributed by atoms with E-state index in [-0.39, 0.29) is 10.6 Å². The number of ether oxygens (including phenoxy) is 2. The van der Waals surface area contributed by atoms with Crippen LogP contribution in [0.3, 0.4) is 0 Å². The van der Waals surface area contributed by atoms with E-state index in [1.54, 1.807) is 26.4 Å². The van der Waals surface area contributed by atoms with Crippen LogP contribution in [0.25, 0.3) is 0 Å². The molecule has 0 spiro atoms. The molecule has 7 nitrogen and oxygen atoms in total. The lowest BCUT2D eigenvalue weighted by Gasteiger charge is -2.33. The van der Waals surface area contributed by atoms with Gasteiger partial charge < -0.3 is 19.3 Å². The van der Waals surface area contributed by atoms with E-state index in [1.807, 2.05) is 24.3 Å². The average Bonchev–Trinajstić information content (AvgIpc) is 2.69. The maximum Gasteiger partial charge on any atom is 0.269 e. The van der Waals surface area contributed by atoms with E-state index in [2.05, 4.69) is 11.0 Å². The minimum Gasteiger partial charge on any atom is -0.497 e. The quantitative estimate of drug-likeness (QED) is 0.626. The Kier molecular flexibility index (Phi) is 5.58. The van der Waals surface area contributed by atoms with Crippen LogP contribution in [-0.4, -0.2) is 45.3 Å². The third-order valence-corrected chi connectivity index (χ3v) is 4.83. The van der Waals surface area contributed by atoms with Crippen LogP contribution >= 0.6 is 0 Å². The number of nitrogens with zero attached hydrogens (tertiary/aromatic N) is 2.